The zero-order chi connectivity index (χ0) is 10.2. The molecule has 0 saturated heterocycles. The maximum Gasteiger partial charge on any atom is 0.140 e. The van der Waals surface area contributed by atoms with Gasteiger partial charge in [0.05, 0.1) is 11.1 Å². The number of hydrogen-bond donors (Lipinski definition) is 2. The van der Waals surface area contributed by atoms with Crippen molar-refractivity contribution in [3.63, 3.8) is 0 Å². The minimum absolute atomic E-state index is 0.0843. The molecule has 0 aromatic heterocycles. The number of hydrogen-bond acceptors (Lipinski definition) is 2. The van der Waals surface area contributed by atoms with Crippen LogP contribution in [0.5, 0.6) is 5.75 Å². The van der Waals surface area contributed by atoms with Gasteiger partial charge in [-0.15, -0.1) is 0 Å². The van der Waals surface area contributed by atoms with Gasteiger partial charge in [-0.1, -0.05) is 11.6 Å². The van der Waals surface area contributed by atoms with E-state index in [0.717, 1.165) is 6.07 Å². The molecule has 0 amide bonds. The van der Waals surface area contributed by atoms with Gasteiger partial charge in [-0.2, -0.15) is 0 Å². The van der Waals surface area contributed by atoms with Crippen LogP contribution in [0, 0.1) is 12.7 Å². The Morgan fingerprint density at radius 1 is 1.54 bits per heavy atom. The highest BCUT2D eigenvalue weighted by atomic mass is 35.5. The zero-order valence-corrected chi connectivity index (χ0v) is 8.06. The van der Waals surface area contributed by atoms with Crippen molar-refractivity contribution in [1.82, 2.24) is 0 Å². The Kier molecular flexibility index (Phi) is 2.78. The van der Waals surface area contributed by atoms with Gasteiger partial charge in [0.15, 0.2) is 0 Å². The summed E-state index contributed by atoms with van der Waals surface area (Å²) in [5, 5.41) is 18.6. The van der Waals surface area contributed by atoms with Crippen LogP contribution in [0.25, 0.3) is 0 Å². The molecule has 2 N–H and O–H groups in total. The van der Waals surface area contributed by atoms with Crippen LogP contribution in [0.3, 0.4) is 0 Å². The molecule has 0 aliphatic rings. The molecule has 4 heteroatoms. The molecule has 0 bridgehead atoms. The lowest BCUT2D eigenvalue weighted by molar-refractivity contribution is 0.193. The molecule has 1 rings (SSSR count). The summed E-state index contributed by atoms with van der Waals surface area (Å²) in [6.07, 6.45) is -0.937. The topological polar surface area (TPSA) is 40.5 Å². The van der Waals surface area contributed by atoms with Gasteiger partial charge in [0.1, 0.15) is 11.6 Å². The van der Waals surface area contributed by atoms with E-state index in [2.05, 4.69) is 0 Å². The van der Waals surface area contributed by atoms with Gasteiger partial charge in [-0.3, -0.25) is 0 Å². The van der Waals surface area contributed by atoms with Crippen molar-refractivity contribution in [3.8, 4) is 5.75 Å². The number of halogens is 2. The van der Waals surface area contributed by atoms with E-state index in [1.165, 1.54) is 13.8 Å². The Labute approximate surface area is 80.6 Å². The predicted octanol–water partition coefficient (Wildman–Crippen LogP) is 2.55. The Morgan fingerprint density at radius 3 is 2.54 bits per heavy atom. The molecule has 0 radical (unpaired) electrons. The van der Waals surface area contributed by atoms with E-state index in [9.17, 15) is 14.6 Å². The van der Waals surface area contributed by atoms with E-state index in [-0.39, 0.29) is 21.9 Å². The van der Waals surface area contributed by atoms with Gasteiger partial charge in [-0.05, 0) is 25.5 Å². The summed E-state index contributed by atoms with van der Waals surface area (Å²) in [5.41, 5.74) is 0.363. The van der Waals surface area contributed by atoms with Crippen molar-refractivity contribution < 1.29 is 14.6 Å². The predicted molar refractivity (Wildman–Crippen MR) is 48.4 cm³/mol. The second-order valence-corrected chi connectivity index (χ2v) is 3.31. The Bertz CT molecular complexity index is 311. The summed E-state index contributed by atoms with van der Waals surface area (Å²) in [4.78, 5) is 0. The molecule has 1 aromatic rings. The number of phenols is 1. The summed E-state index contributed by atoms with van der Waals surface area (Å²) < 4.78 is 13.1. The average Bonchev–Trinajstić information content (AvgIpc) is 2.01. The SMILES string of the molecule is Cc1c(F)cc(Cl)c(O)c1C(C)O. The third-order valence-corrected chi connectivity index (χ3v) is 2.20. The molecule has 1 atom stereocenters. The second-order valence-electron chi connectivity index (χ2n) is 2.90. The smallest absolute Gasteiger partial charge is 0.140 e. The van der Waals surface area contributed by atoms with Crippen molar-refractivity contribution >= 4 is 11.6 Å². The van der Waals surface area contributed by atoms with E-state index in [0.29, 0.717) is 0 Å². The Hall–Kier alpha value is -0.800. The van der Waals surface area contributed by atoms with Crippen molar-refractivity contribution in [3.05, 3.63) is 28.0 Å². The second kappa shape index (κ2) is 3.52. The summed E-state index contributed by atoms with van der Waals surface area (Å²) in [6.45, 7) is 2.92. The minimum Gasteiger partial charge on any atom is -0.506 e. The fraction of sp³-hybridized carbons (Fsp3) is 0.333. The molecule has 0 spiro atoms. The molecule has 2 nitrogen and oxygen atoms in total. The Balaban J connectivity index is 3.46. The quantitative estimate of drug-likeness (QED) is 0.738. The summed E-state index contributed by atoms with van der Waals surface area (Å²) in [6, 6.07) is 1.03. The number of phenolic OH excluding ortho intramolecular Hbond substituents is 1. The van der Waals surface area contributed by atoms with Crippen LogP contribution in [0.2, 0.25) is 5.02 Å². The average molecular weight is 205 g/mol. The molecular weight excluding hydrogens is 195 g/mol. The molecule has 13 heavy (non-hydrogen) atoms. The van der Waals surface area contributed by atoms with Gasteiger partial charge < -0.3 is 10.2 Å². The first kappa shape index (κ1) is 10.3. The number of aliphatic hydroxyl groups excluding tert-OH is 1. The third kappa shape index (κ3) is 1.76. The van der Waals surface area contributed by atoms with Crippen LogP contribution in [0.1, 0.15) is 24.2 Å². The Morgan fingerprint density at radius 2 is 2.08 bits per heavy atom. The summed E-state index contributed by atoms with van der Waals surface area (Å²) in [7, 11) is 0. The van der Waals surface area contributed by atoms with Gasteiger partial charge in [0.2, 0.25) is 0 Å². The first-order valence-electron chi connectivity index (χ1n) is 3.80. The lowest BCUT2D eigenvalue weighted by Gasteiger charge is -2.12. The summed E-state index contributed by atoms with van der Waals surface area (Å²) in [5.74, 6) is -0.783. The molecule has 0 fully saturated rings. The minimum atomic E-state index is -0.937. The van der Waals surface area contributed by atoms with E-state index < -0.39 is 11.9 Å². The third-order valence-electron chi connectivity index (χ3n) is 1.91. The molecule has 0 aliphatic heterocycles. The van der Waals surface area contributed by atoms with E-state index in [1.54, 1.807) is 0 Å². The van der Waals surface area contributed by atoms with Gasteiger partial charge >= 0.3 is 0 Å². The number of rotatable bonds is 1. The van der Waals surface area contributed by atoms with Gasteiger partial charge in [0.25, 0.3) is 0 Å². The van der Waals surface area contributed by atoms with Crippen LogP contribution in [0.15, 0.2) is 6.07 Å². The number of aromatic hydroxyl groups is 1. The van der Waals surface area contributed by atoms with Crippen LogP contribution in [-0.4, -0.2) is 10.2 Å². The van der Waals surface area contributed by atoms with Crippen LogP contribution < -0.4 is 0 Å². The maximum atomic E-state index is 13.1. The monoisotopic (exact) mass is 204 g/mol. The van der Waals surface area contributed by atoms with Gasteiger partial charge in [0, 0.05) is 5.56 Å². The van der Waals surface area contributed by atoms with E-state index in [4.69, 9.17) is 11.6 Å². The first-order valence-corrected chi connectivity index (χ1v) is 4.18. The van der Waals surface area contributed by atoms with Crippen LogP contribution in [-0.2, 0) is 0 Å². The molecule has 0 aliphatic carbocycles. The first-order chi connectivity index (χ1) is 5.95. The molecular formula is C9H10ClFO2. The highest BCUT2D eigenvalue weighted by Crippen LogP contribution is 2.35. The highest BCUT2D eigenvalue weighted by Gasteiger charge is 2.17. The standard InChI is InChI=1S/C9H10ClFO2/c1-4-7(11)3-6(10)9(13)8(4)5(2)12/h3,5,12-13H,1-2H3. The molecule has 1 aromatic carbocycles. The van der Waals surface area contributed by atoms with Crippen molar-refractivity contribution in [1.29, 1.82) is 0 Å². The lowest BCUT2D eigenvalue weighted by atomic mass is 10.0. The molecule has 0 saturated carbocycles. The van der Waals surface area contributed by atoms with Gasteiger partial charge in [-0.25, -0.2) is 4.39 Å². The largest absolute Gasteiger partial charge is 0.506 e. The maximum absolute atomic E-state index is 13.1. The zero-order valence-electron chi connectivity index (χ0n) is 7.31. The van der Waals surface area contributed by atoms with Crippen LogP contribution in [0.4, 0.5) is 4.39 Å². The lowest BCUT2D eigenvalue weighted by Crippen LogP contribution is -1.98. The summed E-state index contributed by atoms with van der Waals surface area (Å²) >= 11 is 5.53. The van der Waals surface area contributed by atoms with Crippen LogP contribution >= 0.6 is 11.6 Å². The highest BCUT2D eigenvalue weighted by molar-refractivity contribution is 6.32. The number of benzene rings is 1. The molecule has 0 heterocycles. The fourth-order valence-electron chi connectivity index (χ4n) is 1.23. The number of aliphatic hydroxyl groups is 1. The van der Waals surface area contributed by atoms with Crippen molar-refractivity contribution in [2.45, 2.75) is 20.0 Å². The normalized spacial score (nSPS) is 13.0. The van der Waals surface area contributed by atoms with E-state index >= 15 is 0 Å². The fourth-order valence-corrected chi connectivity index (χ4v) is 1.43. The molecule has 1 unspecified atom stereocenters. The molecule has 72 valence electrons. The van der Waals surface area contributed by atoms with E-state index in [1.807, 2.05) is 0 Å². The van der Waals surface area contributed by atoms with Crippen molar-refractivity contribution in [2.24, 2.45) is 0 Å². The van der Waals surface area contributed by atoms with Crippen molar-refractivity contribution in [2.75, 3.05) is 0 Å².